The molecule has 0 bridgehead atoms. The minimum atomic E-state index is 0.0877. The van der Waals surface area contributed by atoms with Crippen LogP contribution in [0.3, 0.4) is 0 Å². The summed E-state index contributed by atoms with van der Waals surface area (Å²) in [5.74, 6) is 1.89. The van der Waals surface area contributed by atoms with Gasteiger partial charge in [-0.1, -0.05) is 0 Å². The third-order valence-electron chi connectivity index (χ3n) is 3.87. The number of hydrogen-bond donors (Lipinski definition) is 0. The Hall–Kier alpha value is -2.48. The second kappa shape index (κ2) is 6.56. The molecule has 4 rings (SSSR count). The third-order valence-corrected chi connectivity index (χ3v) is 6.31. The molecule has 4 aromatic rings. The van der Waals surface area contributed by atoms with Crippen LogP contribution in [0.4, 0.5) is 0 Å². The Morgan fingerprint density at radius 2 is 1.50 bits per heavy atom. The van der Waals surface area contributed by atoms with E-state index in [1.807, 2.05) is 42.5 Å². The van der Waals surface area contributed by atoms with Crippen LogP contribution in [0.25, 0.3) is 22.3 Å². The van der Waals surface area contributed by atoms with Crippen molar-refractivity contribution in [2.45, 2.75) is 0 Å². The van der Waals surface area contributed by atoms with Crippen molar-refractivity contribution in [2.75, 3.05) is 7.11 Å². The van der Waals surface area contributed by atoms with E-state index in [0.717, 1.165) is 22.7 Å². The molecule has 3 heteroatoms. The molecule has 0 aliphatic carbocycles. The summed E-state index contributed by atoms with van der Waals surface area (Å²) in [6, 6.07) is 26.8. The van der Waals surface area contributed by atoms with Gasteiger partial charge >= 0.3 is 147 Å². The van der Waals surface area contributed by atoms with Crippen LogP contribution in [0, 0.1) is 0 Å². The summed E-state index contributed by atoms with van der Waals surface area (Å²) < 4.78 is 14.2. The molecule has 24 heavy (non-hydrogen) atoms. The molecule has 1 heterocycles. The molecule has 118 valence electrons. The molecule has 0 aliphatic heterocycles. The summed E-state index contributed by atoms with van der Waals surface area (Å²) in [7, 11) is 1.72. The van der Waals surface area contributed by atoms with Crippen LogP contribution in [0.1, 0.15) is 0 Å². The first kappa shape index (κ1) is 15.1. The molecule has 0 spiro atoms. The zero-order valence-corrected chi connectivity index (χ0v) is 14.9. The summed E-state index contributed by atoms with van der Waals surface area (Å²) >= 11 is 0.0877. The second-order valence-electron chi connectivity index (χ2n) is 5.38. The van der Waals surface area contributed by atoms with Crippen LogP contribution in [0.5, 0.6) is 5.75 Å². The number of ether oxygens (including phenoxy) is 1. The fraction of sp³-hybridized carbons (Fsp3) is 0.0476. The van der Waals surface area contributed by atoms with E-state index in [-0.39, 0.29) is 15.0 Å². The average molecular weight is 379 g/mol. The molecule has 0 radical (unpaired) electrons. The molecule has 2 nitrogen and oxygen atoms in total. The average Bonchev–Trinajstić information content (AvgIpc) is 3.02. The Balaban J connectivity index is 1.90. The first-order valence-corrected chi connectivity index (χ1v) is 9.46. The topological polar surface area (TPSA) is 22.4 Å². The van der Waals surface area contributed by atoms with Crippen molar-refractivity contribution >= 4 is 34.8 Å². The van der Waals surface area contributed by atoms with E-state index in [0.29, 0.717) is 0 Å². The maximum atomic E-state index is 6.21. The summed E-state index contributed by atoms with van der Waals surface area (Å²) in [4.78, 5) is 0. The standard InChI is InChI=1S/C21H16O2Se/c1-22-18-13-7-8-14-19(18)24-21-16-11-5-6-12-17(16)23-20(21)15-9-3-2-4-10-15/h2-14H,1H3. The van der Waals surface area contributed by atoms with Crippen molar-refractivity contribution in [3.05, 3.63) is 78.9 Å². The van der Waals surface area contributed by atoms with Crippen molar-refractivity contribution in [1.82, 2.24) is 0 Å². The Morgan fingerprint density at radius 3 is 2.33 bits per heavy atom. The molecule has 0 aliphatic rings. The number of para-hydroxylation sites is 2. The van der Waals surface area contributed by atoms with Gasteiger partial charge in [0, 0.05) is 0 Å². The zero-order valence-electron chi connectivity index (χ0n) is 13.2. The van der Waals surface area contributed by atoms with Crippen molar-refractivity contribution in [3.63, 3.8) is 0 Å². The van der Waals surface area contributed by atoms with Gasteiger partial charge in [0.1, 0.15) is 0 Å². The molecule has 0 saturated heterocycles. The van der Waals surface area contributed by atoms with Gasteiger partial charge in [-0.15, -0.1) is 0 Å². The van der Waals surface area contributed by atoms with Crippen LogP contribution < -0.4 is 13.7 Å². The first-order chi connectivity index (χ1) is 11.9. The Morgan fingerprint density at radius 1 is 0.792 bits per heavy atom. The fourth-order valence-electron chi connectivity index (χ4n) is 2.72. The number of furan rings is 1. The third kappa shape index (κ3) is 2.73. The van der Waals surface area contributed by atoms with Crippen LogP contribution in [0.2, 0.25) is 0 Å². The predicted octanol–water partition coefficient (Wildman–Crippen LogP) is 3.76. The monoisotopic (exact) mass is 380 g/mol. The van der Waals surface area contributed by atoms with Crippen molar-refractivity contribution in [2.24, 2.45) is 0 Å². The van der Waals surface area contributed by atoms with E-state index in [2.05, 4.69) is 36.4 Å². The zero-order chi connectivity index (χ0) is 16.4. The van der Waals surface area contributed by atoms with E-state index < -0.39 is 0 Å². The molecule has 0 saturated carbocycles. The van der Waals surface area contributed by atoms with Gasteiger partial charge in [0.25, 0.3) is 0 Å². The van der Waals surface area contributed by atoms with Crippen molar-refractivity contribution in [1.29, 1.82) is 0 Å². The van der Waals surface area contributed by atoms with Crippen LogP contribution in [-0.2, 0) is 0 Å². The quantitative estimate of drug-likeness (QED) is 0.504. The van der Waals surface area contributed by atoms with Crippen molar-refractivity contribution in [3.8, 4) is 17.1 Å². The second-order valence-corrected chi connectivity index (χ2v) is 7.58. The Kier molecular flexibility index (Phi) is 4.12. The summed E-state index contributed by atoms with van der Waals surface area (Å²) in [6.07, 6.45) is 0. The molecular weight excluding hydrogens is 363 g/mol. The maximum absolute atomic E-state index is 6.21. The molecule has 0 unspecified atom stereocenters. The van der Waals surface area contributed by atoms with Gasteiger partial charge in [0.2, 0.25) is 0 Å². The van der Waals surface area contributed by atoms with Gasteiger partial charge < -0.3 is 0 Å². The van der Waals surface area contributed by atoms with Gasteiger partial charge in [-0.2, -0.15) is 0 Å². The molecule has 0 atom stereocenters. The first-order valence-electron chi connectivity index (χ1n) is 7.74. The van der Waals surface area contributed by atoms with Crippen LogP contribution >= 0.6 is 0 Å². The van der Waals surface area contributed by atoms with Gasteiger partial charge in [-0.25, -0.2) is 0 Å². The predicted molar refractivity (Wildman–Crippen MR) is 99.7 cm³/mol. The molecule has 3 aromatic carbocycles. The van der Waals surface area contributed by atoms with Crippen LogP contribution in [0.15, 0.2) is 83.3 Å². The number of fused-ring (bicyclic) bond motifs is 1. The normalized spacial score (nSPS) is 10.9. The molecular formula is C21H16O2Se. The van der Waals surface area contributed by atoms with Gasteiger partial charge in [-0.05, 0) is 0 Å². The Bertz CT molecular complexity index is 973. The van der Waals surface area contributed by atoms with Crippen LogP contribution in [-0.4, -0.2) is 22.1 Å². The van der Waals surface area contributed by atoms with E-state index in [4.69, 9.17) is 9.15 Å². The SMILES string of the molecule is COc1ccccc1[Se]c1c(-c2ccccc2)oc2ccccc12. The number of rotatable bonds is 4. The number of benzene rings is 3. The summed E-state index contributed by atoms with van der Waals surface area (Å²) in [5, 5.41) is 1.18. The molecule has 0 amide bonds. The van der Waals surface area contributed by atoms with Crippen molar-refractivity contribution < 1.29 is 9.15 Å². The number of methoxy groups -OCH3 is 1. The summed E-state index contributed by atoms with van der Waals surface area (Å²) in [6.45, 7) is 0. The van der Waals surface area contributed by atoms with E-state index in [1.54, 1.807) is 7.11 Å². The van der Waals surface area contributed by atoms with E-state index >= 15 is 0 Å². The van der Waals surface area contributed by atoms with Gasteiger partial charge in [0.15, 0.2) is 0 Å². The van der Waals surface area contributed by atoms with Gasteiger partial charge in [-0.3, -0.25) is 0 Å². The number of hydrogen-bond acceptors (Lipinski definition) is 2. The fourth-order valence-corrected chi connectivity index (χ4v) is 5.13. The minimum absolute atomic E-state index is 0.0877. The van der Waals surface area contributed by atoms with Gasteiger partial charge in [0.05, 0.1) is 0 Å². The Labute approximate surface area is 147 Å². The van der Waals surface area contributed by atoms with E-state index in [1.165, 1.54) is 14.3 Å². The molecule has 0 N–H and O–H groups in total. The molecule has 0 fully saturated rings. The summed E-state index contributed by atoms with van der Waals surface area (Å²) in [5.41, 5.74) is 2.04. The van der Waals surface area contributed by atoms with E-state index in [9.17, 15) is 0 Å². The molecule has 1 aromatic heterocycles.